The molecule has 0 fully saturated rings. The third-order valence-electron chi connectivity index (χ3n) is 3.37. The van der Waals surface area contributed by atoms with Crippen molar-refractivity contribution in [1.82, 2.24) is 14.7 Å². The Kier molecular flexibility index (Phi) is 3.85. The van der Waals surface area contributed by atoms with E-state index in [0.29, 0.717) is 0 Å². The minimum Gasteiger partial charge on any atom is -0.387 e. The van der Waals surface area contributed by atoms with Gasteiger partial charge in [-0.2, -0.15) is 5.10 Å². The van der Waals surface area contributed by atoms with Crippen LogP contribution in [0, 0.1) is 11.3 Å². The number of aromatic nitrogens is 2. The summed E-state index contributed by atoms with van der Waals surface area (Å²) < 4.78 is 1.91. The van der Waals surface area contributed by atoms with E-state index in [1.807, 2.05) is 37.8 Å². The highest BCUT2D eigenvalue weighted by atomic mass is 15.3. The average Bonchev–Trinajstić information content (AvgIpc) is 2.67. The SMILES string of the molecule is CC(CN(C)Cc1nn(C)c2ccccc12)C(=N)N. The number of fused-ring (bicyclic) bond motifs is 1. The molecule has 0 saturated carbocycles. The van der Waals surface area contributed by atoms with Crippen molar-refractivity contribution < 1.29 is 0 Å². The number of nitrogens with two attached hydrogens (primary N) is 1. The molecule has 1 atom stereocenters. The molecule has 0 aliphatic carbocycles. The fraction of sp³-hybridized carbons (Fsp3) is 0.429. The van der Waals surface area contributed by atoms with E-state index < -0.39 is 0 Å². The van der Waals surface area contributed by atoms with Crippen LogP contribution in [-0.2, 0) is 13.6 Å². The number of para-hydroxylation sites is 1. The standard InChI is InChI=1S/C14H21N5/c1-10(14(15)16)8-18(2)9-12-11-6-4-5-7-13(11)19(3)17-12/h4-7,10H,8-9H2,1-3H3,(H3,15,16). The zero-order valence-electron chi connectivity index (χ0n) is 11.7. The summed E-state index contributed by atoms with van der Waals surface area (Å²) in [5, 5.41) is 13.2. The van der Waals surface area contributed by atoms with Gasteiger partial charge in [0.15, 0.2) is 0 Å². The zero-order chi connectivity index (χ0) is 14.0. The Balaban J connectivity index is 2.15. The van der Waals surface area contributed by atoms with Gasteiger partial charge in [-0.05, 0) is 13.1 Å². The van der Waals surface area contributed by atoms with Crippen LogP contribution in [0.5, 0.6) is 0 Å². The Hall–Kier alpha value is -1.88. The number of hydrogen-bond donors (Lipinski definition) is 2. The molecule has 0 amide bonds. The second-order valence-corrected chi connectivity index (χ2v) is 5.14. The second-order valence-electron chi connectivity index (χ2n) is 5.14. The first-order valence-electron chi connectivity index (χ1n) is 6.42. The van der Waals surface area contributed by atoms with E-state index in [4.69, 9.17) is 11.1 Å². The lowest BCUT2D eigenvalue weighted by Gasteiger charge is -2.19. The Labute approximate surface area is 113 Å². The van der Waals surface area contributed by atoms with Crippen LogP contribution < -0.4 is 5.73 Å². The van der Waals surface area contributed by atoms with Crippen LogP contribution in [0.3, 0.4) is 0 Å². The quantitative estimate of drug-likeness (QED) is 0.632. The van der Waals surface area contributed by atoms with E-state index in [9.17, 15) is 0 Å². The number of aryl methyl sites for hydroxylation is 1. The number of benzene rings is 1. The zero-order valence-corrected chi connectivity index (χ0v) is 11.7. The van der Waals surface area contributed by atoms with Crippen molar-refractivity contribution >= 4 is 16.7 Å². The molecular weight excluding hydrogens is 238 g/mol. The molecule has 102 valence electrons. The third kappa shape index (κ3) is 2.93. The van der Waals surface area contributed by atoms with Crippen LogP contribution in [0.25, 0.3) is 10.9 Å². The summed E-state index contributed by atoms with van der Waals surface area (Å²) in [6.45, 7) is 3.49. The van der Waals surface area contributed by atoms with Crippen LogP contribution in [0.1, 0.15) is 12.6 Å². The van der Waals surface area contributed by atoms with Crippen molar-refractivity contribution in [3.05, 3.63) is 30.0 Å². The highest BCUT2D eigenvalue weighted by molar-refractivity contribution is 5.82. The minimum atomic E-state index is 0.0694. The maximum Gasteiger partial charge on any atom is 0.0947 e. The third-order valence-corrected chi connectivity index (χ3v) is 3.37. The van der Waals surface area contributed by atoms with E-state index in [-0.39, 0.29) is 11.8 Å². The predicted molar refractivity (Wildman–Crippen MR) is 78.1 cm³/mol. The van der Waals surface area contributed by atoms with E-state index in [1.54, 1.807) is 0 Å². The number of rotatable bonds is 5. The molecule has 0 bridgehead atoms. The van der Waals surface area contributed by atoms with Gasteiger partial charge in [-0.25, -0.2) is 0 Å². The monoisotopic (exact) mass is 259 g/mol. The summed E-state index contributed by atoms with van der Waals surface area (Å²) in [6, 6.07) is 8.23. The molecule has 1 aromatic heterocycles. The summed E-state index contributed by atoms with van der Waals surface area (Å²) in [5.74, 6) is 0.303. The van der Waals surface area contributed by atoms with Crippen molar-refractivity contribution in [1.29, 1.82) is 5.41 Å². The normalized spacial score (nSPS) is 13.1. The van der Waals surface area contributed by atoms with Gasteiger partial charge < -0.3 is 5.73 Å². The Morgan fingerprint density at radius 2 is 2.16 bits per heavy atom. The van der Waals surface area contributed by atoms with Crippen LogP contribution in [0.4, 0.5) is 0 Å². The molecule has 0 aliphatic rings. The first kappa shape index (κ1) is 13.5. The number of amidine groups is 1. The van der Waals surface area contributed by atoms with Crippen molar-refractivity contribution in [2.45, 2.75) is 13.5 Å². The van der Waals surface area contributed by atoms with Crippen LogP contribution >= 0.6 is 0 Å². The Bertz CT molecular complexity index is 587. The van der Waals surface area contributed by atoms with Gasteiger partial charge in [-0.3, -0.25) is 15.0 Å². The van der Waals surface area contributed by atoms with Crippen molar-refractivity contribution in [3.8, 4) is 0 Å². The summed E-state index contributed by atoms with van der Waals surface area (Å²) in [5.41, 5.74) is 7.72. The summed E-state index contributed by atoms with van der Waals surface area (Å²) in [7, 11) is 3.99. The lowest BCUT2D eigenvalue weighted by atomic mass is 10.1. The smallest absolute Gasteiger partial charge is 0.0947 e. The molecule has 19 heavy (non-hydrogen) atoms. The van der Waals surface area contributed by atoms with Gasteiger partial charge in [0.2, 0.25) is 0 Å². The largest absolute Gasteiger partial charge is 0.387 e. The van der Waals surface area contributed by atoms with E-state index in [0.717, 1.165) is 24.3 Å². The lowest BCUT2D eigenvalue weighted by molar-refractivity contribution is 0.303. The topological polar surface area (TPSA) is 70.9 Å². The maximum atomic E-state index is 7.44. The molecule has 0 aliphatic heterocycles. The lowest BCUT2D eigenvalue weighted by Crippen LogP contribution is -2.31. The molecule has 1 unspecified atom stereocenters. The van der Waals surface area contributed by atoms with Gasteiger partial charge in [0.1, 0.15) is 0 Å². The van der Waals surface area contributed by atoms with Gasteiger partial charge in [0, 0.05) is 31.4 Å². The number of nitrogens with one attached hydrogen (secondary N) is 1. The Morgan fingerprint density at radius 1 is 1.47 bits per heavy atom. The molecular formula is C14H21N5. The summed E-state index contributed by atoms with van der Waals surface area (Å²) >= 11 is 0. The van der Waals surface area contributed by atoms with Gasteiger partial charge in [-0.1, -0.05) is 25.1 Å². The van der Waals surface area contributed by atoms with Crippen molar-refractivity contribution in [2.75, 3.05) is 13.6 Å². The molecule has 0 radical (unpaired) electrons. The molecule has 3 N–H and O–H groups in total. The van der Waals surface area contributed by atoms with Gasteiger partial charge in [-0.15, -0.1) is 0 Å². The fourth-order valence-electron chi connectivity index (χ4n) is 2.29. The molecule has 2 rings (SSSR count). The van der Waals surface area contributed by atoms with E-state index in [1.165, 1.54) is 5.39 Å². The van der Waals surface area contributed by atoms with Crippen molar-refractivity contribution in [3.63, 3.8) is 0 Å². The highest BCUT2D eigenvalue weighted by Gasteiger charge is 2.13. The average molecular weight is 259 g/mol. The molecule has 0 spiro atoms. The summed E-state index contributed by atoms with van der Waals surface area (Å²) in [6.07, 6.45) is 0. The molecule has 1 aromatic carbocycles. The summed E-state index contributed by atoms with van der Waals surface area (Å²) in [4.78, 5) is 2.15. The number of hydrogen-bond acceptors (Lipinski definition) is 3. The second kappa shape index (κ2) is 5.40. The molecule has 0 saturated heterocycles. The van der Waals surface area contributed by atoms with Gasteiger partial charge >= 0.3 is 0 Å². The van der Waals surface area contributed by atoms with Crippen LogP contribution in [0.15, 0.2) is 24.3 Å². The molecule has 2 aromatic rings. The first-order valence-corrected chi connectivity index (χ1v) is 6.42. The van der Waals surface area contributed by atoms with E-state index >= 15 is 0 Å². The fourth-order valence-corrected chi connectivity index (χ4v) is 2.29. The first-order chi connectivity index (χ1) is 8.99. The molecule has 5 heteroatoms. The molecule has 1 heterocycles. The maximum absolute atomic E-state index is 7.44. The van der Waals surface area contributed by atoms with Gasteiger partial charge in [0.05, 0.1) is 17.0 Å². The Morgan fingerprint density at radius 3 is 2.84 bits per heavy atom. The van der Waals surface area contributed by atoms with Crippen molar-refractivity contribution in [2.24, 2.45) is 18.7 Å². The van der Waals surface area contributed by atoms with Crippen LogP contribution in [-0.4, -0.2) is 34.1 Å². The highest BCUT2D eigenvalue weighted by Crippen LogP contribution is 2.18. The van der Waals surface area contributed by atoms with Gasteiger partial charge in [0.25, 0.3) is 0 Å². The minimum absolute atomic E-state index is 0.0694. The van der Waals surface area contributed by atoms with E-state index in [2.05, 4.69) is 22.1 Å². The van der Waals surface area contributed by atoms with Crippen LogP contribution in [0.2, 0.25) is 0 Å². The predicted octanol–water partition coefficient (Wildman–Crippen LogP) is 1.58. The number of nitrogens with zero attached hydrogens (tertiary/aromatic N) is 3. The molecule has 5 nitrogen and oxygen atoms in total.